The molecule has 0 amide bonds. The Labute approximate surface area is 84.5 Å². The number of hydrogen-bond acceptors (Lipinski definition) is 4. The summed E-state index contributed by atoms with van der Waals surface area (Å²) in [4.78, 5) is 4.18. The number of nitrogens with zero attached hydrogens (tertiary/aromatic N) is 1. The summed E-state index contributed by atoms with van der Waals surface area (Å²) in [6, 6.07) is 3.77. The van der Waals surface area contributed by atoms with E-state index in [4.69, 9.17) is 10.5 Å². The van der Waals surface area contributed by atoms with Crippen LogP contribution in [0.2, 0.25) is 0 Å². The highest BCUT2D eigenvalue weighted by molar-refractivity contribution is 5.37. The molecule has 1 atom stereocenters. The number of anilines is 1. The number of hydrogen-bond donors (Lipinski definition) is 2. The van der Waals surface area contributed by atoms with Gasteiger partial charge in [-0.2, -0.15) is 0 Å². The van der Waals surface area contributed by atoms with Gasteiger partial charge in [0.05, 0.1) is 13.3 Å². The van der Waals surface area contributed by atoms with Crippen molar-refractivity contribution in [2.24, 2.45) is 11.7 Å². The maximum absolute atomic E-state index is 5.50. The summed E-state index contributed by atoms with van der Waals surface area (Å²) in [5.41, 5.74) is 5.50. The summed E-state index contributed by atoms with van der Waals surface area (Å²) in [6.45, 7) is 3.62. The average molecular weight is 195 g/mol. The molecule has 0 saturated carbocycles. The zero-order valence-electron chi connectivity index (χ0n) is 8.66. The van der Waals surface area contributed by atoms with Crippen molar-refractivity contribution in [1.29, 1.82) is 0 Å². The van der Waals surface area contributed by atoms with E-state index in [1.54, 1.807) is 13.3 Å². The highest BCUT2D eigenvalue weighted by atomic mass is 16.5. The number of nitrogens with two attached hydrogens (primary N) is 1. The summed E-state index contributed by atoms with van der Waals surface area (Å²) >= 11 is 0. The lowest BCUT2D eigenvalue weighted by molar-refractivity contribution is 0.413. The fraction of sp³-hybridized carbons (Fsp3) is 0.500. The van der Waals surface area contributed by atoms with E-state index in [1.165, 1.54) is 0 Å². The summed E-state index contributed by atoms with van der Waals surface area (Å²) < 4.78 is 5.01. The summed E-state index contributed by atoms with van der Waals surface area (Å²) in [6.07, 6.45) is 1.69. The van der Waals surface area contributed by atoms with Crippen LogP contribution < -0.4 is 15.8 Å². The third kappa shape index (κ3) is 3.22. The first-order chi connectivity index (χ1) is 6.76. The molecule has 1 rings (SSSR count). The Bertz CT molecular complexity index is 261. The molecular formula is C10H17N3O. The van der Waals surface area contributed by atoms with Crippen molar-refractivity contribution in [1.82, 2.24) is 4.98 Å². The Hall–Kier alpha value is -1.29. The predicted octanol–water partition coefficient (Wildman–Crippen LogP) is 1.10. The van der Waals surface area contributed by atoms with Crippen LogP contribution in [0, 0.1) is 5.92 Å². The Kier molecular flexibility index (Phi) is 4.19. The molecule has 0 aliphatic rings. The average Bonchev–Trinajstić information content (AvgIpc) is 2.26. The van der Waals surface area contributed by atoms with Gasteiger partial charge in [-0.05, 0) is 24.6 Å². The van der Waals surface area contributed by atoms with E-state index in [2.05, 4.69) is 17.2 Å². The highest BCUT2D eigenvalue weighted by Gasteiger charge is 1.99. The van der Waals surface area contributed by atoms with E-state index >= 15 is 0 Å². The van der Waals surface area contributed by atoms with Gasteiger partial charge in [-0.1, -0.05) is 6.92 Å². The van der Waals surface area contributed by atoms with Gasteiger partial charge in [0.25, 0.3) is 0 Å². The van der Waals surface area contributed by atoms with Crippen molar-refractivity contribution >= 4 is 5.82 Å². The molecule has 0 aromatic carbocycles. The van der Waals surface area contributed by atoms with Gasteiger partial charge in [0, 0.05) is 6.54 Å². The van der Waals surface area contributed by atoms with Gasteiger partial charge < -0.3 is 15.8 Å². The minimum absolute atomic E-state index is 0.457. The van der Waals surface area contributed by atoms with Gasteiger partial charge in [0.15, 0.2) is 0 Å². The molecule has 4 heteroatoms. The summed E-state index contributed by atoms with van der Waals surface area (Å²) in [5, 5.41) is 3.20. The minimum atomic E-state index is 0.457. The van der Waals surface area contributed by atoms with Crippen molar-refractivity contribution in [3.8, 4) is 5.75 Å². The van der Waals surface area contributed by atoms with Gasteiger partial charge in [-0.25, -0.2) is 4.98 Å². The van der Waals surface area contributed by atoms with Crippen molar-refractivity contribution < 1.29 is 4.74 Å². The second-order valence-corrected chi connectivity index (χ2v) is 3.31. The zero-order chi connectivity index (χ0) is 10.4. The molecular weight excluding hydrogens is 178 g/mol. The van der Waals surface area contributed by atoms with Gasteiger partial charge in [-0.3, -0.25) is 0 Å². The normalized spacial score (nSPS) is 12.2. The van der Waals surface area contributed by atoms with Gasteiger partial charge in [0.1, 0.15) is 11.6 Å². The van der Waals surface area contributed by atoms with Crippen LogP contribution in [0.1, 0.15) is 6.92 Å². The van der Waals surface area contributed by atoms with Crippen LogP contribution in [0.4, 0.5) is 5.82 Å². The molecule has 0 aliphatic carbocycles. The molecule has 0 fully saturated rings. The molecule has 0 radical (unpaired) electrons. The third-order valence-electron chi connectivity index (χ3n) is 2.01. The van der Waals surface area contributed by atoms with Crippen LogP contribution >= 0.6 is 0 Å². The summed E-state index contributed by atoms with van der Waals surface area (Å²) in [5.74, 6) is 2.08. The molecule has 78 valence electrons. The molecule has 1 heterocycles. The number of pyridine rings is 1. The van der Waals surface area contributed by atoms with Crippen LogP contribution in [-0.2, 0) is 0 Å². The first-order valence-electron chi connectivity index (χ1n) is 4.70. The SMILES string of the molecule is COc1ccc(NCC(C)CN)nc1. The second-order valence-electron chi connectivity index (χ2n) is 3.31. The molecule has 4 nitrogen and oxygen atoms in total. The van der Waals surface area contributed by atoms with Crippen molar-refractivity contribution in [3.05, 3.63) is 18.3 Å². The van der Waals surface area contributed by atoms with Crippen LogP contribution in [0.3, 0.4) is 0 Å². The van der Waals surface area contributed by atoms with Gasteiger partial charge in [0.2, 0.25) is 0 Å². The number of nitrogens with one attached hydrogen (secondary N) is 1. The van der Waals surface area contributed by atoms with Crippen LogP contribution in [0.25, 0.3) is 0 Å². The van der Waals surface area contributed by atoms with Gasteiger partial charge in [-0.15, -0.1) is 0 Å². The smallest absolute Gasteiger partial charge is 0.137 e. The first kappa shape index (κ1) is 10.8. The zero-order valence-corrected chi connectivity index (χ0v) is 8.66. The number of aromatic nitrogens is 1. The quantitative estimate of drug-likeness (QED) is 0.738. The summed E-state index contributed by atoms with van der Waals surface area (Å²) in [7, 11) is 1.63. The third-order valence-corrected chi connectivity index (χ3v) is 2.01. The second kappa shape index (κ2) is 5.44. The van der Waals surface area contributed by atoms with Crippen molar-refractivity contribution in [3.63, 3.8) is 0 Å². The van der Waals surface area contributed by atoms with Gasteiger partial charge >= 0.3 is 0 Å². The minimum Gasteiger partial charge on any atom is -0.495 e. The maximum Gasteiger partial charge on any atom is 0.137 e. The predicted molar refractivity (Wildman–Crippen MR) is 57.5 cm³/mol. The number of rotatable bonds is 5. The van der Waals surface area contributed by atoms with E-state index in [1.807, 2.05) is 12.1 Å². The Morgan fingerprint density at radius 1 is 1.57 bits per heavy atom. The first-order valence-corrected chi connectivity index (χ1v) is 4.70. The van der Waals surface area contributed by atoms with E-state index in [0.717, 1.165) is 18.1 Å². The fourth-order valence-corrected chi connectivity index (χ4v) is 0.968. The van der Waals surface area contributed by atoms with Crippen molar-refractivity contribution in [2.75, 3.05) is 25.5 Å². The molecule has 1 aromatic rings. The molecule has 14 heavy (non-hydrogen) atoms. The van der Waals surface area contributed by atoms with E-state index in [-0.39, 0.29) is 0 Å². The number of methoxy groups -OCH3 is 1. The van der Waals surface area contributed by atoms with Crippen LogP contribution in [-0.4, -0.2) is 25.2 Å². The fourth-order valence-electron chi connectivity index (χ4n) is 0.968. The lowest BCUT2D eigenvalue weighted by Crippen LogP contribution is -2.20. The van der Waals surface area contributed by atoms with Crippen LogP contribution in [0.15, 0.2) is 18.3 Å². The molecule has 0 saturated heterocycles. The largest absolute Gasteiger partial charge is 0.495 e. The topological polar surface area (TPSA) is 60.2 Å². The van der Waals surface area contributed by atoms with E-state index < -0.39 is 0 Å². The van der Waals surface area contributed by atoms with Crippen molar-refractivity contribution in [2.45, 2.75) is 6.92 Å². The highest BCUT2D eigenvalue weighted by Crippen LogP contribution is 2.11. The molecule has 1 unspecified atom stereocenters. The Balaban J connectivity index is 2.43. The maximum atomic E-state index is 5.50. The molecule has 0 aliphatic heterocycles. The van der Waals surface area contributed by atoms with E-state index in [9.17, 15) is 0 Å². The lowest BCUT2D eigenvalue weighted by atomic mass is 10.2. The Morgan fingerprint density at radius 2 is 2.36 bits per heavy atom. The van der Waals surface area contributed by atoms with Crippen LogP contribution in [0.5, 0.6) is 5.75 Å². The monoisotopic (exact) mass is 195 g/mol. The number of ether oxygens (including phenoxy) is 1. The molecule has 0 bridgehead atoms. The Morgan fingerprint density at radius 3 is 2.86 bits per heavy atom. The molecule has 3 N–H and O–H groups in total. The molecule has 1 aromatic heterocycles. The standard InChI is InChI=1S/C10H17N3O/c1-8(5-11)6-12-10-4-3-9(14-2)7-13-10/h3-4,7-8H,5-6,11H2,1-2H3,(H,12,13). The molecule has 0 spiro atoms. The lowest BCUT2D eigenvalue weighted by Gasteiger charge is -2.10. The van der Waals surface area contributed by atoms with E-state index in [0.29, 0.717) is 12.5 Å².